The Kier molecular flexibility index (Phi) is 3.01. The van der Waals surface area contributed by atoms with Crippen molar-refractivity contribution in [1.29, 1.82) is 0 Å². The van der Waals surface area contributed by atoms with E-state index in [1.54, 1.807) is 12.1 Å². The molecule has 0 radical (unpaired) electrons. The summed E-state index contributed by atoms with van der Waals surface area (Å²) < 4.78 is 28.7. The summed E-state index contributed by atoms with van der Waals surface area (Å²) in [6, 6.07) is 8.80. The van der Waals surface area contributed by atoms with E-state index < -0.39 is 14.5 Å². The number of fused-ring (bicyclic) bond motifs is 2. The van der Waals surface area contributed by atoms with Gasteiger partial charge in [-0.25, -0.2) is 8.42 Å². The van der Waals surface area contributed by atoms with E-state index in [2.05, 4.69) is 0 Å². The summed E-state index contributed by atoms with van der Waals surface area (Å²) in [7, 11) is 1.31. The van der Waals surface area contributed by atoms with Gasteiger partial charge in [0.1, 0.15) is 11.2 Å². The first-order valence-electron chi connectivity index (χ1n) is 5.48. The summed E-state index contributed by atoms with van der Waals surface area (Å²) in [4.78, 5) is 12.2. The van der Waals surface area contributed by atoms with Gasteiger partial charge in [0, 0.05) is 15.7 Å². The molecule has 0 aliphatic carbocycles. The molecule has 1 aromatic heterocycles. The topological polar surface area (TPSA) is 64.3 Å². The first-order valence-corrected chi connectivity index (χ1v) is 8.16. The Morgan fingerprint density at radius 1 is 1.05 bits per heavy atom. The highest BCUT2D eigenvalue weighted by molar-refractivity contribution is 8.14. The van der Waals surface area contributed by atoms with Crippen molar-refractivity contribution >= 4 is 53.3 Å². The van der Waals surface area contributed by atoms with E-state index in [4.69, 9.17) is 26.7 Å². The van der Waals surface area contributed by atoms with Gasteiger partial charge in [0.2, 0.25) is 5.43 Å². The van der Waals surface area contributed by atoms with E-state index in [1.165, 1.54) is 24.3 Å². The van der Waals surface area contributed by atoms with Gasteiger partial charge < -0.3 is 4.42 Å². The molecule has 102 valence electrons. The molecule has 0 bridgehead atoms. The van der Waals surface area contributed by atoms with E-state index in [9.17, 15) is 13.2 Å². The molecule has 0 N–H and O–H groups in total. The van der Waals surface area contributed by atoms with Gasteiger partial charge >= 0.3 is 0 Å². The van der Waals surface area contributed by atoms with Crippen LogP contribution < -0.4 is 5.43 Å². The van der Waals surface area contributed by atoms with E-state index in [0.717, 1.165) is 0 Å². The van der Waals surface area contributed by atoms with Crippen LogP contribution in [0.1, 0.15) is 0 Å². The Morgan fingerprint density at radius 3 is 2.50 bits per heavy atom. The van der Waals surface area contributed by atoms with Crippen molar-refractivity contribution in [2.75, 3.05) is 0 Å². The summed E-state index contributed by atoms with van der Waals surface area (Å²) in [5.41, 5.74) is 0.00569. The van der Waals surface area contributed by atoms with Gasteiger partial charge in [-0.3, -0.25) is 4.79 Å². The van der Waals surface area contributed by atoms with Gasteiger partial charge in [0.25, 0.3) is 9.05 Å². The molecule has 3 rings (SSSR count). The van der Waals surface area contributed by atoms with Crippen molar-refractivity contribution in [3.8, 4) is 0 Å². The first kappa shape index (κ1) is 13.4. The summed E-state index contributed by atoms with van der Waals surface area (Å²) in [5, 5.41) is 0.491. The third-order valence-electron chi connectivity index (χ3n) is 2.88. The van der Waals surface area contributed by atoms with Gasteiger partial charge in [-0.2, -0.15) is 0 Å². The van der Waals surface area contributed by atoms with Crippen molar-refractivity contribution in [1.82, 2.24) is 0 Å². The van der Waals surface area contributed by atoms with Crippen molar-refractivity contribution in [3.63, 3.8) is 0 Å². The molecule has 2 aromatic carbocycles. The lowest BCUT2D eigenvalue weighted by atomic mass is 10.1. The Balaban J connectivity index is 2.63. The second-order valence-electron chi connectivity index (χ2n) is 4.14. The number of hydrogen-bond donors (Lipinski definition) is 0. The Hall–Kier alpha value is -1.56. The van der Waals surface area contributed by atoms with Crippen LogP contribution in [0.3, 0.4) is 0 Å². The zero-order valence-corrected chi connectivity index (χ0v) is 12.1. The second-order valence-corrected chi connectivity index (χ2v) is 7.11. The molecule has 0 aliphatic heterocycles. The number of benzene rings is 2. The van der Waals surface area contributed by atoms with E-state index in [0.29, 0.717) is 10.6 Å². The van der Waals surface area contributed by atoms with Gasteiger partial charge in [0.05, 0.1) is 15.7 Å². The maximum Gasteiger partial charge on any atom is 0.262 e. The maximum atomic E-state index is 12.5. The third-order valence-corrected chi connectivity index (χ3v) is 4.48. The number of hydrogen-bond acceptors (Lipinski definition) is 4. The van der Waals surface area contributed by atoms with Crippen LogP contribution in [0, 0.1) is 0 Å². The number of rotatable bonds is 1. The fraction of sp³-hybridized carbons (Fsp3) is 0. The lowest BCUT2D eigenvalue weighted by molar-refractivity contribution is 0.609. The number of halogens is 2. The van der Waals surface area contributed by atoms with Crippen LogP contribution >= 0.6 is 22.3 Å². The Labute approximate surface area is 122 Å². The highest BCUT2D eigenvalue weighted by atomic mass is 35.7. The smallest absolute Gasteiger partial charge is 0.262 e. The van der Waals surface area contributed by atoms with Gasteiger partial charge in [-0.1, -0.05) is 17.7 Å². The van der Waals surface area contributed by atoms with Crippen molar-refractivity contribution in [3.05, 3.63) is 51.6 Å². The summed E-state index contributed by atoms with van der Waals surface area (Å²) >= 11 is 5.85. The predicted molar refractivity (Wildman–Crippen MR) is 78.0 cm³/mol. The lowest BCUT2D eigenvalue weighted by Gasteiger charge is -2.04. The molecule has 0 fully saturated rings. The summed E-state index contributed by atoms with van der Waals surface area (Å²) in [5.74, 6) is 0. The van der Waals surface area contributed by atoms with E-state index in [-0.39, 0.29) is 21.3 Å². The molecular formula is C13H6Cl2O4S. The van der Waals surface area contributed by atoms with Crippen LogP contribution in [0.2, 0.25) is 5.02 Å². The first-order chi connectivity index (χ1) is 9.38. The SMILES string of the molecule is O=c1c2cc(Cl)ccc2oc2cccc(S(=O)(=O)Cl)c12. The minimum atomic E-state index is -4.05. The monoisotopic (exact) mass is 328 g/mol. The largest absolute Gasteiger partial charge is 0.456 e. The molecule has 0 saturated carbocycles. The Bertz CT molecular complexity index is 1010. The standard InChI is InChI=1S/C13H6Cl2O4S/c14-7-4-5-9-8(6-7)13(16)12-10(19-9)2-1-3-11(12)20(15,17)18/h1-6H. The molecule has 4 nitrogen and oxygen atoms in total. The molecule has 0 aliphatic rings. The molecule has 0 spiro atoms. The van der Waals surface area contributed by atoms with Crippen molar-refractivity contribution in [2.45, 2.75) is 4.90 Å². The second kappa shape index (κ2) is 4.48. The summed E-state index contributed by atoms with van der Waals surface area (Å²) in [6.45, 7) is 0. The van der Waals surface area contributed by atoms with Crippen LogP contribution in [0.4, 0.5) is 0 Å². The van der Waals surface area contributed by atoms with Gasteiger partial charge in [-0.05, 0) is 30.3 Å². The molecule has 0 unspecified atom stereocenters. The van der Waals surface area contributed by atoms with Crippen LogP contribution in [0.15, 0.2) is 50.5 Å². The molecule has 0 amide bonds. The van der Waals surface area contributed by atoms with Crippen LogP contribution in [0.5, 0.6) is 0 Å². The van der Waals surface area contributed by atoms with Gasteiger partial charge in [-0.15, -0.1) is 0 Å². The van der Waals surface area contributed by atoms with Crippen LogP contribution in [-0.2, 0) is 9.05 Å². The van der Waals surface area contributed by atoms with E-state index in [1.807, 2.05) is 0 Å². The van der Waals surface area contributed by atoms with E-state index >= 15 is 0 Å². The predicted octanol–water partition coefficient (Wildman–Crippen LogP) is 3.53. The normalized spacial score (nSPS) is 12.1. The fourth-order valence-corrected chi connectivity index (χ4v) is 3.28. The fourth-order valence-electron chi connectivity index (χ4n) is 2.04. The molecule has 3 aromatic rings. The maximum absolute atomic E-state index is 12.5. The molecule has 0 atom stereocenters. The highest BCUT2D eigenvalue weighted by Gasteiger charge is 2.19. The lowest BCUT2D eigenvalue weighted by Crippen LogP contribution is -2.06. The van der Waals surface area contributed by atoms with Crippen LogP contribution in [-0.4, -0.2) is 8.42 Å². The van der Waals surface area contributed by atoms with Crippen molar-refractivity contribution in [2.24, 2.45) is 0 Å². The minimum Gasteiger partial charge on any atom is -0.456 e. The molecular weight excluding hydrogens is 323 g/mol. The Morgan fingerprint density at radius 2 is 1.80 bits per heavy atom. The molecule has 20 heavy (non-hydrogen) atoms. The molecule has 1 heterocycles. The quantitative estimate of drug-likeness (QED) is 0.506. The average Bonchev–Trinajstić information content (AvgIpc) is 2.38. The van der Waals surface area contributed by atoms with Crippen LogP contribution in [0.25, 0.3) is 21.9 Å². The summed E-state index contributed by atoms with van der Waals surface area (Å²) in [6.07, 6.45) is 0. The highest BCUT2D eigenvalue weighted by Crippen LogP contribution is 2.27. The zero-order valence-electron chi connectivity index (χ0n) is 9.76. The third kappa shape index (κ3) is 2.08. The average molecular weight is 329 g/mol. The molecule has 0 saturated heterocycles. The van der Waals surface area contributed by atoms with Crippen molar-refractivity contribution < 1.29 is 12.8 Å². The zero-order chi connectivity index (χ0) is 14.5. The van der Waals surface area contributed by atoms with Gasteiger partial charge in [0.15, 0.2) is 0 Å². The molecule has 7 heteroatoms. The minimum absolute atomic E-state index is 0.0720.